The van der Waals surface area contributed by atoms with Crippen LogP contribution in [-0.2, 0) is 16.6 Å². The van der Waals surface area contributed by atoms with Crippen molar-refractivity contribution >= 4 is 17.5 Å². The summed E-state index contributed by atoms with van der Waals surface area (Å²) in [4.78, 5) is 17.2. The molecule has 0 N–H and O–H groups in total. The fraction of sp³-hybridized carbons (Fsp3) is 0.389. The van der Waals surface area contributed by atoms with Crippen LogP contribution in [0.25, 0.3) is 0 Å². The highest BCUT2D eigenvalue weighted by Gasteiger charge is 2.41. The molecule has 3 rings (SSSR count). The van der Waals surface area contributed by atoms with Gasteiger partial charge in [0.25, 0.3) is 0 Å². The van der Waals surface area contributed by atoms with Crippen LogP contribution >= 0.6 is 0 Å². The number of benzene rings is 1. The van der Waals surface area contributed by atoms with Gasteiger partial charge in [0.05, 0.1) is 12.3 Å². The maximum atomic E-state index is 13.8. The van der Waals surface area contributed by atoms with Crippen molar-refractivity contribution in [1.82, 2.24) is 9.78 Å². The Hall–Kier alpha value is -2.50. The first kappa shape index (κ1) is 16.4. The Morgan fingerprint density at radius 2 is 2.12 bits per heavy atom. The van der Waals surface area contributed by atoms with Gasteiger partial charge in [-0.1, -0.05) is 12.1 Å². The SMILES string of the molecule is CCOC(=O)C1C(C)=Nc2c(c(C)nn2C)C1c1cccc(F)c1. The van der Waals surface area contributed by atoms with Gasteiger partial charge in [0.15, 0.2) is 5.82 Å². The van der Waals surface area contributed by atoms with Gasteiger partial charge in [0.1, 0.15) is 11.7 Å². The van der Waals surface area contributed by atoms with Gasteiger partial charge in [-0.05, 0) is 38.5 Å². The van der Waals surface area contributed by atoms with E-state index in [1.807, 2.05) is 20.0 Å². The number of hydrogen-bond donors (Lipinski definition) is 0. The first-order chi connectivity index (χ1) is 11.4. The average Bonchev–Trinajstić information content (AvgIpc) is 2.80. The van der Waals surface area contributed by atoms with Gasteiger partial charge in [0, 0.05) is 24.2 Å². The Balaban J connectivity index is 2.22. The molecule has 1 aromatic heterocycles. The number of rotatable bonds is 3. The van der Waals surface area contributed by atoms with Crippen LogP contribution < -0.4 is 0 Å². The Kier molecular flexibility index (Phi) is 4.22. The minimum Gasteiger partial charge on any atom is -0.465 e. The lowest BCUT2D eigenvalue weighted by Crippen LogP contribution is -2.33. The quantitative estimate of drug-likeness (QED) is 0.812. The first-order valence-electron chi connectivity index (χ1n) is 7.94. The lowest BCUT2D eigenvalue weighted by atomic mass is 9.76. The predicted molar refractivity (Wildman–Crippen MR) is 89.1 cm³/mol. The number of nitrogens with zero attached hydrogens (tertiary/aromatic N) is 3. The second-order valence-electron chi connectivity index (χ2n) is 5.96. The van der Waals surface area contributed by atoms with Crippen LogP contribution in [0.15, 0.2) is 29.3 Å². The van der Waals surface area contributed by atoms with E-state index in [4.69, 9.17) is 4.74 Å². The number of ether oxygens (including phenoxy) is 1. The van der Waals surface area contributed by atoms with Crippen LogP contribution in [0.2, 0.25) is 0 Å². The maximum absolute atomic E-state index is 13.8. The van der Waals surface area contributed by atoms with E-state index in [1.165, 1.54) is 12.1 Å². The standard InChI is InChI=1S/C18H20FN3O2/c1-5-24-18(23)15-10(2)20-17-14(11(3)21-22(17)4)16(15)12-7-6-8-13(19)9-12/h6-9,15-16H,5H2,1-4H3. The fourth-order valence-electron chi connectivity index (χ4n) is 3.40. The van der Waals surface area contributed by atoms with Crippen molar-refractivity contribution in [3.8, 4) is 0 Å². The van der Waals surface area contributed by atoms with Crippen LogP contribution in [0.1, 0.15) is 36.6 Å². The summed E-state index contributed by atoms with van der Waals surface area (Å²) < 4.78 is 20.8. The lowest BCUT2D eigenvalue weighted by molar-refractivity contribution is -0.146. The number of carbonyl (C=O) groups excluding carboxylic acids is 1. The van der Waals surface area contributed by atoms with Crippen LogP contribution in [-0.4, -0.2) is 28.1 Å². The second kappa shape index (κ2) is 6.19. The molecule has 0 amide bonds. The largest absolute Gasteiger partial charge is 0.465 e. The molecule has 2 unspecified atom stereocenters. The summed E-state index contributed by atoms with van der Waals surface area (Å²) >= 11 is 0. The predicted octanol–water partition coefficient (Wildman–Crippen LogP) is 3.28. The molecule has 2 heterocycles. The van der Waals surface area contributed by atoms with E-state index in [1.54, 1.807) is 24.6 Å². The normalized spacial score (nSPS) is 19.6. The molecule has 1 aliphatic rings. The summed E-state index contributed by atoms with van der Waals surface area (Å²) in [6.07, 6.45) is 0. The molecule has 2 aromatic rings. The van der Waals surface area contributed by atoms with Crippen molar-refractivity contribution in [1.29, 1.82) is 0 Å². The van der Waals surface area contributed by atoms with Crippen molar-refractivity contribution < 1.29 is 13.9 Å². The molecule has 0 bridgehead atoms. The molecule has 0 saturated heterocycles. The van der Waals surface area contributed by atoms with Crippen molar-refractivity contribution in [3.05, 3.63) is 46.9 Å². The average molecular weight is 329 g/mol. The highest BCUT2D eigenvalue weighted by Crippen LogP contribution is 2.44. The van der Waals surface area contributed by atoms with Gasteiger partial charge in [-0.2, -0.15) is 5.10 Å². The summed E-state index contributed by atoms with van der Waals surface area (Å²) in [5.74, 6) is -0.914. The molecule has 5 nitrogen and oxygen atoms in total. The minimum atomic E-state index is -0.581. The Morgan fingerprint density at radius 3 is 2.79 bits per heavy atom. The zero-order valence-electron chi connectivity index (χ0n) is 14.2. The molecular formula is C18H20FN3O2. The summed E-state index contributed by atoms with van der Waals surface area (Å²) in [5, 5.41) is 4.43. The van der Waals surface area contributed by atoms with E-state index in [-0.39, 0.29) is 24.3 Å². The van der Waals surface area contributed by atoms with Gasteiger partial charge in [-0.3, -0.25) is 9.48 Å². The van der Waals surface area contributed by atoms with Crippen LogP contribution in [0.5, 0.6) is 0 Å². The third kappa shape index (κ3) is 2.62. The van der Waals surface area contributed by atoms with Crippen molar-refractivity contribution in [2.75, 3.05) is 6.61 Å². The molecule has 126 valence electrons. The van der Waals surface area contributed by atoms with Gasteiger partial charge < -0.3 is 4.74 Å². The number of carbonyl (C=O) groups is 1. The number of aryl methyl sites for hydroxylation is 2. The zero-order valence-corrected chi connectivity index (χ0v) is 14.2. The van der Waals surface area contributed by atoms with E-state index in [0.717, 1.165) is 16.8 Å². The Morgan fingerprint density at radius 1 is 1.38 bits per heavy atom. The molecule has 2 atom stereocenters. The molecule has 0 fully saturated rings. The zero-order chi connectivity index (χ0) is 17.4. The van der Waals surface area contributed by atoms with Gasteiger partial charge in [-0.25, -0.2) is 9.38 Å². The van der Waals surface area contributed by atoms with E-state index >= 15 is 0 Å². The van der Waals surface area contributed by atoms with Crippen molar-refractivity contribution in [3.63, 3.8) is 0 Å². The van der Waals surface area contributed by atoms with Crippen molar-refractivity contribution in [2.24, 2.45) is 18.0 Å². The molecule has 1 aliphatic heterocycles. The molecule has 0 saturated carbocycles. The number of halogens is 1. The summed E-state index contributed by atoms with van der Waals surface area (Å²) in [6.45, 7) is 5.74. The first-order valence-corrected chi connectivity index (χ1v) is 7.94. The van der Waals surface area contributed by atoms with E-state index in [2.05, 4.69) is 10.1 Å². The Bertz CT molecular complexity index is 826. The number of esters is 1. The molecule has 0 radical (unpaired) electrons. The van der Waals surface area contributed by atoms with E-state index in [9.17, 15) is 9.18 Å². The third-order valence-electron chi connectivity index (χ3n) is 4.36. The molecule has 0 aliphatic carbocycles. The van der Waals surface area contributed by atoms with Crippen LogP contribution in [0.4, 0.5) is 10.2 Å². The number of fused-ring (bicyclic) bond motifs is 1. The van der Waals surface area contributed by atoms with Crippen LogP contribution in [0.3, 0.4) is 0 Å². The third-order valence-corrected chi connectivity index (χ3v) is 4.36. The topological polar surface area (TPSA) is 56.5 Å². The molecule has 0 spiro atoms. The van der Waals surface area contributed by atoms with Crippen LogP contribution in [0, 0.1) is 18.7 Å². The fourth-order valence-corrected chi connectivity index (χ4v) is 3.40. The molecule has 1 aromatic carbocycles. The highest BCUT2D eigenvalue weighted by atomic mass is 19.1. The number of aliphatic imine (C=N–C) groups is 1. The lowest BCUT2D eigenvalue weighted by Gasteiger charge is -2.30. The summed E-state index contributed by atoms with van der Waals surface area (Å²) in [6, 6.07) is 6.34. The van der Waals surface area contributed by atoms with Gasteiger partial charge >= 0.3 is 5.97 Å². The monoisotopic (exact) mass is 329 g/mol. The molecular weight excluding hydrogens is 309 g/mol. The molecule has 6 heteroatoms. The molecule has 24 heavy (non-hydrogen) atoms. The minimum absolute atomic E-state index is 0.289. The smallest absolute Gasteiger partial charge is 0.315 e. The van der Waals surface area contributed by atoms with Crippen molar-refractivity contribution in [2.45, 2.75) is 26.7 Å². The number of aromatic nitrogens is 2. The van der Waals surface area contributed by atoms with E-state index in [0.29, 0.717) is 11.5 Å². The maximum Gasteiger partial charge on any atom is 0.315 e. The highest BCUT2D eigenvalue weighted by molar-refractivity contribution is 6.05. The summed E-state index contributed by atoms with van der Waals surface area (Å²) in [5.41, 5.74) is 3.01. The summed E-state index contributed by atoms with van der Waals surface area (Å²) in [7, 11) is 1.82. The number of hydrogen-bond acceptors (Lipinski definition) is 4. The Labute approximate surface area is 140 Å². The van der Waals surface area contributed by atoms with Gasteiger partial charge in [0.2, 0.25) is 0 Å². The van der Waals surface area contributed by atoms with Gasteiger partial charge in [-0.15, -0.1) is 0 Å². The second-order valence-corrected chi connectivity index (χ2v) is 5.96. The van der Waals surface area contributed by atoms with E-state index < -0.39 is 5.92 Å².